The summed E-state index contributed by atoms with van der Waals surface area (Å²) in [6, 6.07) is 6.01. The predicted molar refractivity (Wildman–Crippen MR) is 59.9 cm³/mol. The second-order valence-corrected chi connectivity index (χ2v) is 6.69. The Labute approximate surface area is 94.4 Å². The van der Waals surface area contributed by atoms with Crippen LogP contribution in [0.25, 0.3) is 0 Å². The third-order valence-corrected chi connectivity index (χ3v) is 2.90. The van der Waals surface area contributed by atoms with E-state index in [0.717, 1.165) is 0 Å². The van der Waals surface area contributed by atoms with Gasteiger partial charge in [-0.05, 0) is 45.0 Å². The Morgan fingerprint density at radius 2 is 1.60 bits per heavy atom. The van der Waals surface area contributed by atoms with Crippen LogP contribution in [0.15, 0.2) is 29.2 Å². The van der Waals surface area contributed by atoms with Gasteiger partial charge in [0.1, 0.15) is 11.4 Å². The molecular weight excluding hydrogens is 236 g/mol. The van der Waals surface area contributed by atoms with E-state index in [4.69, 9.17) is 15.4 Å². The van der Waals surface area contributed by atoms with Crippen LogP contribution in [0.1, 0.15) is 20.8 Å². The van der Waals surface area contributed by atoms with Crippen LogP contribution in [-0.2, 0) is 9.05 Å². The lowest BCUT2D eigenvalue weighted by atomic mass is 10.2. The van der Waals surface area contributed by atoms with E-state index in [1.54, 1.807) is 12.1 Å². The number of halogens is 1. The van der Waals surface area contributed by atoms with E-state index in [2.05, 4.69) is 0 Å². The Hall–Kier alpha value is -0.740. The van der Waals surface area contributed by atoms with Gasteiger partial charge in [0, 0.05) is 10.7 Å². The van der Waals surface area contributed by atoms with Gasteiger partial charge in [-0.1, -0.05) is 0 Å². The zero-order valence-corrected chi connectivity index (χ0v) is 10.4. The smallest absolute Gasteiger partial charge is 0.261 e. The van der Waals surface area contributed by atoms with E-state index in [1.165, 1.54) is 12.1 Å². The van der Waals surface area contributed by atoms with Crippen molar-refractivity contribution in [2.75, 3.05) is 0 Å². The van der Waals surface area contributed by atoms with Gasteiger partial charge in [-0.2, -0.15) is 0 Å². The fourth-order valence-electron chi connectivity index (χ4n) is 1.02. The van der Waals surface area contributed by atoms with Crippen LogP contribution in [0.5, 0.6) is 5.75 Å². The van der Waals surface area contributed by atoms with Crippen LogP contribution < -0.4 is 4.74 Å². The minimum Gasteiger partial charge on any atom is -0.488 e. The molecule has 0 aliphatic heterocycles. The van der Waals surface area contributed by atoms with Crippen molar-refractivity contribution in [1.29, 1.82) is 0 Å². The van der Waals surface area contributed by atoms with E-state index in [-0.39, 0.29) is 10.5 Å². The van der Waals surface area contributed by atoms with Crippen molar-refractivity contribution >= 4 is 19.7 Å². The third kappa shape index (κ3) is 4.10. The van der Waals surface area contributed by atoms with Crippen molar-refractivity contribution in [3.8, 4) is 5.75 Å². The van der Waals surface area contributed by atoms with Crippen LogP contribution >= 0.6 is 10.7 Å². The molecule has 0 spiro atoms. The summed E-state index contributed by atoms with van der Waals surface area (Å²) in [4.78, 5) is 0.0745. The molecule has 1 rings (SSSR count). The van der Waals surface area contributed by atoms with Gasteiger partial charge in [-0.25, -0.2) is 8.42 Å². The number of ether oxygens (including phenoxy) is 1. The van der Waals surface area contributed by atoms with Gasteiger partial charge in [-0.3, -0.25) is 0 Å². The Morgan fingerprint density at radius 1 is 1.13 bits per heavy atom. The zero-order chi connectivity index (χ0) is 11.7. The highest BCUT2D eigenvalue weighted by molar-refractivity contribution is 8.13. The number of hydrogen-bond donors (Lipinski definition) is 0. The Morgan fingerprint density at radius 3 is 1.93 bits per heavy atom. The average molecular weight is 249 g/mol. The largest absolute Gasteiger partial charge is 0.488 e. The number of hydrogen-bond acceptors (Lipinski definition) is 3. The summed E-state index contributed by atoms with van der Waals surface area (Å²) in [6.45, 7) is 5.75. The molecule has 0 saturated carbocycles. The first kappa shape index (κ1) is 12.3. The summed E-state index contributed by atoms with van der Waals surface area (Å²) in [6.07, 6.45) is 0. The molecule has 0 bridgehead atoms. The molecule has 0 unspecified atom stereocenters. The van der Waals surface area contributed by atoms with Gasteiger partial charge in [-0.15, -0.1) is 0 Å². The first-order valence-electron chi connectivity index (χ1n) is 4.42. The number of rotatable bonds is 2. The fourth-order valence-corrected chi connectivity index (χ4v) is 1.79. The summed E-state index contributed by atoms with van der Waals surface area (Å²) in [5.41, 5.74) is -0.304. The maximum Gasteiger partial charge on any atom is 0.261 e. The van der Waals surface area contributed by atoms with Gasteiger partial charge in [0.2, 0.25) is 0 Å². The Balaban J connectivity index is 2.92. The van der Waals surface area contributed by atoms with Crippen LogP contribution in [0.2, 0.25) is 0 Å². The molecule has 0 fully saturated rings. The molecule has 1 aromatic rings. The van der Waals surface area contributed by atoms with Crippen LogP contribution in [0.4, 0.5) is 0 Å². The van der Waals surface area contributed by atoms with Crippen molar-refractivity contribution < 1.29 is 13.2 Å². The van der Waals surface area contributed by atoms with Crippen molar-refractivity contribution in [3.63, 3.8) is 0 Å². The molecule has 0 N–H and O–H groups in total. The topological polar surface area (TPSA) is 43.4 Å². The molecule has 5 heteroatoms. The molecule has 0 atom stereocenters. The van der Waals surface area contributed by atoms with Gasteiger partial charge in [0.15, 0.2) is 0 Å². The molecule has 0 heterocycles. The van der Waals surface area contributed by atoms with E-state index < -0.39 is 9.05 Å². The van der Waals surface area contributed by atoms with E-state index in [9.17, 15) is 8.42 Å². The van der Waals surface area contributed by atoms with Crippen molar-refractivity contribution in [1.82, 2.24) is 0 Å². The second-order valence-electron chi connectivity index (χ2n) is 4.12. The lowest BCUT2D eigenvalue weighted by molar-refractivity contribution is 0.131. The SMILES string of the molecule is CC(C)(C)Oc1ccc(S(=O)(=O)Cl)cc1. The maximum absolute atomic E-state index is 11.0. The van der Waals surface area contributed by atoms with Crippen molar-refractivity contribution in [2.45, 2.75) is 31.3 Å². The highest BCUT2D eigenvalue weighted by atomic mass is 35.7. The van der Waals surface area contributed by atoms with Crippen LogP contribution in [0, 0.1) is 0 Å². The molecule has 0 saturated heterocycles. The molecule has 0 amide bonds. The first-order chi connectivity index (χ1) is 6.68. The lowest BCUT2D eigenvalue weighted by Gasteiger charge is -2.21. The quantitative estimate of drug-likeness (QED) is 0.756. The standard InChI is InChI=1S/C10H13ClO3S/c1-10(2,3)14-8-4-6-9(7-5-8)15(11,12)13/h4-7H,1-3H3. The molecule has 0 aromatic heterocycles. The summed E-state index contributed by atoms with van der Waals surface area (Å²) in [5, 5.41) is 0. The molecule has 0 aliphatic rings. The molecule has 15 heavy (non-hydrogen) atoms. The van der Waals surface area contributed by atoms with E-state index in [1.807, 2.05) is 20.8 Å². The van der Waals surface area contributed by atoms with Gasteiger partial charge < -0.3 is 4.74 Å². The van der Waals surface area contributed by atoms with Gasteiger partial charge in [0.25, 0.3) is 9.05 Å². The predicted octanol–water partition coefficient (Wildman–Crippen LogP) is 2.79. The van der Waals surface area contributed by atoms with Crippen molar-refractivity contribution in [2.24, 2.45) is 0 Å². The third-order valence-electron chi connectivity index (χ3n) is 1.53. The summed E-state index contributed by atoms with van der Waals surface area (Å²) < 4.78 is 27.4. The molecule has 0 radical (unpaired) electrons. The summed E-state index contributed by atoms with van der Waals surface area (Å²) in [7, 11) is 1.53. The maximum atomic E-state index is 11.0. The highest BCUT2D eigenvalue weighted by Crippen LogP contribution is 2.22. The monoisotopic (exact) mass is 248 g/mol. The zero-order valence-electron chi connectivity index (χ0n) is 8.82. The molecular formula is C10H13ClO3S. The minimum absolute atomic E-state index is 0.0745. The first-order valence-corrected chi connectivity index (χ1v) is 6.73. The molecule has 84 valence electrons. The number of benzene rings is 1. The minimum atomic E-state index is -3.65. The summed E-state index contributed by atoms with van der Waals surface area (Å²) >= 11 is 0. The molecule has 1 aromatic carbocycles. The van der Waals surface area contributed by atoms with Crippen LogP contribution in [0.3, 0.4) is 0 Å². The summed E-state index contributed by atoms with van der Waals surface area (Å²) in [5.74, 6) is 0.617. The Kier molecular flexibility index (Phi) is 3.31. The van der Waals surface area contributed by atoms with Gasteiger partial charge in [0.05, 0.1) is 4.90 Å². The van der Waals surface area contributed by atoms with Crippen molar-refractivity contribution in [3.05, 3.63) is 24.3 Å². The van der Waals surface area contributed by atoms with E-state index in [0.29, 0.717) is 5.75 Å². The highest BCUT2D eigenvalue weighted by Gasteiger charge is 2.13. The van der Waals surface area contributed by atoms with Crippen LogP contribution in [-0.4, -0.2) is 14.0 Å². The average Bonchev–Trinajstić information content (AvgIpc) is 2.00. The Bertz CT molecular complexity index is 429. The normalized spacial score (nSPS) is 12.5. The fraction of sp³-hybridized carbons (Fsp3) is 0.400. The van der Waals surface area contributed by atoms with Gasteiger partial charge >= 0.3 is 0 Å². The lowest BCUT2D eigenvalue weighted by Crippen LogP contribution is -2.22. The second kappa shape index (κ2) is 4.02. The molecule has 3 nitrogen and oxygen atoms in total. The van der Waals surface area contributed by atoms with E-state index >= 15 is 0 Å². The molecule has 0 aliphatic carbocycles.